The van der Waals surface area contributed by atoms with Crippen LogP contribution < -0.4 is 4.74 Å². The summed E-state index contributed by atoms with van der Waals surface area (Å²) in [7, 11) is 4.25. The minimum atomic E-state index is 0.533. The van der Waals surface area contributed by atoms with E-state index in [1.807, 2.05) is 0 Å². The van der Waals surface area contributed by atoms with Crippen molar-refractivity contribution < 1.29 is 4.74 Å². The summed E-state index contributed by atoms with van der Waals surface area (Å²) in [4.78, 5) is 2.25. The maximum absolute atomic E-state index is 5.62. The van der Waals surface area contributed by atoms with Crippen LogP contribution in [0.15, 0.2) is 24.4 Å². The molecule has 96 valence electrons. The highest BCUT2D eigenvalue weighted by molar-refractivity contribution is 5.86. The Morgan fingerprint density at radius 3 is 2.94 bits per heavy atom. The number of rotatable bonds is 3. The zero-order chi connectivity index (χ0) is 12.7. The molecule has 1 aliphatic heterocycles. The molecule has 3 heteroatoms. The maximum Gasteiger partial charge on any atom is 0.123 e. The van der Waals surface area contributed by atoms with Crippen LogP contribution in [0.25, 0.3) is 10.9 Å². The summed E-state index contributed by atoms with van der Waals surface area (Å²) in [6, 6.07) is 7.05. The van der Waals surface area contributed by atoms with Crippen molar-refractivity contribution in [2.75, 3.05) is 20.7 Å². The Morgan fingerprint density at radius 2 is 2.17 bits per heavy atom. The molecule has 18 heavy (non-hydrogen) atoms. The topological polar surface area (TPSA) is 17.4 Å². The molecule has 0 amide bonds. The predicted molar refractivity (Wildman–Crippen MR) is 74.3 cm³/mol. The van der Waals surface area contributed by atoms with Crippen molar-refractivity contribution in [3.8, 4) is 5.75 Å². The normalized spacial score (nSPS) is 16.0. The zero-order valence-electron chi connectivity index (χ0n) is 11.3. The van der Waals surface area contributed by atoms with Crippen LogP contribution >= 0.6 is 0 Å². The van der Waals surface area contributed by atoms with Crippen LogP contribution in [0.3, 0.4) is 0 Å². The molecule has 1 aromatic heterocycles. The smallest absolute Gasteiger partial charge is 0.123 e. The van der Waals surface area contributed by atoms with E-state index in [0.717, 1.165) is 25.3 Å². The lowest BCUT2D eigenvalue weighted by atomic mass is 10.1. The maximum atomic E-state index is 5.62. The van der Waals surface area contributed by atoms with Crippen molar-refractivity contribution in [1.82, 2.24) is 9.47 Å². The molecule has 3 nitrogen and oxygen atoms in total. The molecule has 0 spiro atoms. The first kappa shape index (κ1) is 11.6. The number of likely N-dealkylation sites (N-methyl/N-ethyl adjacent to an activating group) is 1. The van der Waals surface area contributed by atoms with Gasteiger partial charge in [0.25, 0.3) is 0 Å². The van der Waals surface area contributed by atoms with Crippen molar-refractivity contribution >= 4 is 10.9 Å². The van der Waals surface area contributed by atoms with E-state index in [2.05, 4.69) is 54.9 Å². The van der Waals surface area contributed by atoms with E-state index in [1.54, 1.807) is 0 Å². The molecule has 0 aliphatic carbocycles. The molecule has 0 bridgehead atoms. The Balaban J connectivity index is 2.00. The number of hydrogen-bond acceptors (Lipinski definition) is 2. The van der Waals surface area contributed by atoms with E-state index in [-0.39, 0.29) is 0 Å². The van der Waals surface area contributed by atoms with Crippen molar-refractivity contribution in [3.05, 3.63) is 30.0 Å². The van der Waals surface area contributed by atoms with Crippen molar-refractivity contribution in [1.29, 1.82) is 0 Å². The highest BCUT2D eigenvalue weighted by atomic mass is 16.5. The lowest BCUT2D eigenvalue weighted by molar-refractivity contribution is 0.286. The average Bonchev–Trinajstić information content (AvgIpc) is 2.94. The zero-order valence-corrected chi connectivity index (χ0v) is 11.3. The fourth-order valence-electron chi connectivity index (χ4n) is 2.58. The van der Waals surface area contributed by atoms with Gasteiger partial charge in [-0.3, -0.25) is 0 Å². The van der Waals surface area contributed by atoms with Crippen LogP contribution in [0.5, 0.6) is 5.75 Å². The molecule has 0 unspecified atom stereocenters. The van der Waals surface area contributed by atoms with E-state index >= 15 is 0 Å². The van der Waals surface area contributed by atoms with Gasteiger partial charge >= 0.3 is 0 Å². The quantitative estimate of drug-likeness (QED) is 0.825. The van der Waals surface area contributed by atoms with E-state index in [4.69, 9.17) is 4.74 Å². The second-order valence-electron chi connectivity index (χ2n) is 5.35. The second-order valence-corrected chi connectivity index (χ2v) is 5.35. The van der Waals surface area contributed by atoms with Crippen LogP contribution in [0, 0.1) is 0 Å². The first-order chi connectivity index (χ1) is 8.66. The van der Waals surface area contributed by atoms with Gasteiger partial charge in [0.1, 0.15) is 5.75 Å². The highest BCUT2D eigenvalue weighted by Gasteiger charge is 2.17. The third-order valence-corrected chi connectivity index (χ3v) is 3.97. The number of hydrogen-bond donors (Lipinski definition) is 0. The van der Waals surface area contributed by atoms with Gasteiger partial charge in [-0.1, -0.05) is 0 Å². The van der Waals surface area contributed by atoms with Gasteiger partial charge < -0.3 is 14.2 Å². The molecule has 1 aliphatic rings. The summed E-state index contributed by atoms with van der Waals surface area (Å²) in [5, 5.41) is 1.36. The molecule has 0 N–H and O–H groups in total. The van der Waals surface area contributed by atoms with Crippen LogP contribution in [0.2, 0.25) is 0 Å². The molecule has 3 rings (SSSR count). The number of ether oxygens (including phenoxy) is 1. The lowest BCUT2D eigenvalue weighted by Gasteiger charge is -2.20. The van der Waals surface area contributed by atoms with Gasteiger partial charge in [0, 0.05) is 41.7 Å². The second kappa shape index (κ2) is 4.32. The minimum absolute atomic E-state index is 0.533. The first-order valence-corrected chi connectivity index (χ1v) is 6.57. The van der Waals surface area contributed by atoms with Gasteiger partial charge in [0.15, 0.2) is 0 Å². The van der Waals surface area contributed by atoms with Crippen molar-refractivity contribution in [3.63, 3.8) is 0 Å². The van der Waals surface area contributed by atoms with E-state index < -0.39 is 0 Å². The van der Waals surface area contributed by atoms with Crippen LogP contribution in [-0.4, -0.2) is 36.2 Å². The molecular formula is C15H20N2O. The molecule has 1 atom stereocenters. The minimum Gasteiger partial charge on any atom is -0.493 e. The molecule has 1 aromatic carbocycles. The van der Waals surface area contributed by atoms with Gasteiger partial charge in [-0.25, -0.2) is 0 Å². The van der Waals surface area contributed by atoms with E-state index in [1.165, 1.54) is 16.5 Å². The number of benzene rings is 1. The third-order valence-electron chi connectivity index (χ3n) is 3.97. The number of nitrogens with zero attached hydrogens (tertiary/aromatic N) is 2. The van der Waals surface area contributed by atoms with Gasteiger partial charge in [-0.15, -0.1) is 0 Å². The van der Waals surface area contributed by atoms with Gasteiger partial charge in [0.05, 0.1) is 6.61 Å². The Labute approximate surface area is 108 Å². The van der Waals surface area contributed by atoms with Gasteiger partial charge in [-0.2, -0.15) is 0 Å². The first-order valence-electron chi connectivity index (χ1n) is 6.57. The van der Waals surface area contributed by atoms with Crippen LogP contribution in [-0.2, 0) is 13.0 Å². The standard InChI is InChI=1S/C15H20N2O/c1-11(16(2)3)10-17-8-6-12-13-7-9-18-15(13)5-4-14(12)17/h4-6,8,11H,7,9-10H2,1-3H3/t11-/m1/s1. The number of aromatic nitrogens is 1. The highest BCUT2D eigenvalue weighted by Crippen LogP contribution is 2.33. The van der Waals surface area contributed by atoms with Crippen LogP contribution in [0.4, 0.5) is 0 Å². The summed E-state index contributed by atoms with van der Waals surface area (Å²) in [6.07, 6.45) is 3.24. The van der Waals surface area contributed by atoms with Crippen LogP contribution in [0.1, 0.15) is 12.5 Å². The summed E-state index contributed by atoms with van der Waals surface area (Å²) < 4.78 is 7.96. The predicted octanol–water partition coefficient (Wildman–Crippen LogP) is 2.53. The summed E-state index contributed by atoms with van der Waals surface area (Å²) in [5.41, 5.74) is 2.71. The molecule has 0 saturated heterocycles. The van der Waals surface area contributed by atoms with Crippen molar-refractivity contribution in [2.24, 2.45) is 0 Å². The Hall–Kier alpha value is -1.48. The Morgan fingerprint density at radius 1 is 1.33 bits per heavy atom. The van der Waals surface area contributed by atoms with Crippen molar-refractivity contribution in [2.45, 2.75) is 25.9 Å². The van der Waals surface area contributed by atoms with E-state index in [9.17, 15) is 0 Å². The average molecular weight is 244 g/mol. The molecule has 0 fully saturated rings. The largest absolute Gasteiger partial charge is 0.493 e. The fraction of sp³-hybridized carbons (Fsp3) is 0.467. The Bertz CT molecular complexity index is 571. The Kier molecular flexibility index (Phi) is 2.78. The molecular weight excluding hydrogens is 224 g/mol. The molecule has 2 heterocycles. The van der Waals surface area contributed by atoms with Gasteiger partial charge in [0.2, 0.25) is 0 Å². The number of fused-ring (bicyclic) bond motifs is 3. The molecule has 0 saturated carbocycles. The van der Waals surface area contributed by atoms with E-state index in [0.29, 0.717) is 6.04 Å². The van der Waals surface area contributed by atoms with Gasteiger partial charge in [-0.05, 0) is 39.2 Å². The summed E-state index contributed by atoms with van der Waals surface area (Å²) >= 11 is 0. The molecule has 2 aromatic rings. The third kappa shape index (κ3) is 1.79. The lowest BCUT2D eigenvalue weighted by Crippen LogP contribution is -2.28. The summed E-state index contributed by atoms with van der Waals surface area (Å²) in [5.74, 6) is 1.07. The summed E-state index contributed by atoms with van der Waals surface area (Å²) in [6.45, 7) is 4.10. The monoisotopic (exact) mass is 244 g/mol. The SMILES string of the molecule is C[C@H](Cn1ccc2c3c(ccc21)OCC3)N(C)C. The molecule has 0 radical (unpaired) electrons. The fourth-order valence-corrected chi connectivity index (χ4v) is 2.58.